The molecule has 1 aliphatic rings. The summed E-state index contributed by atoms with van der Waals surface area (Å²) in [5.41, 5.74) is 3.84. The lowest BCUT2D eigenvalue weighted by Crippen LogP contribution is -2.40. The Kier molecular flexibility index (Phi) is 9.24. The molecule has 1 aromatic rings. The maximum atomic E-state index is 5.80. The van der Waals surface area contributed by atoms with Gasteiger partial charge >= 0.3 is 0 Å². The second kappa shape index (κ2) is 11.7. The van der Waals surface area contributed by atoms with E-state index in [1.165, 1.54) is 32.1 Å². The molecule has 0 heterocycles. The van der Waals surface area contributed by atoms with Crippen molar-refractivity contribution in [2.24, 2.45) is 5.10 Å². The van der Waals surface area contributed by atoms with E-state index in [0.29, 0.717) is 24.4 Å². The van der Waals surface area contributed by atoms with Crippen LogP contribution in [-0.4, -0.2) is 30.6 Å². The van der Waals surface area contributed by atoms with Gasteiger partial charge in [0.1, 0.15) is 0 Å². The standard InChI is InChI=1S/C20H31N3O2S/c1-3-5-13-25-18-12-11-16(14-19(18)24-4-2)15-21-23-20(26)22-17-9-7-6-8-10-17/h11-12,14-15,17H,3-10,13H2,1-2H3,(H2,22,23,26)/b21-15-. The lowest BCUT2D eigenvalue weighted by Gasteiger charge is -2.23. The summed E-state index contributed by atoms with van der Waals surface area (Å²) in [6.45, 7) is 5.41. The van der Waals surface area contributed by atoms with Crippen LogP contribution in [0.4, 0.5) is 0 Å². The molecule has 2 rings (SSSR count). The fraction of sp³-hybridized carbons (Fsp3) is 0.600. The molecule has 1 aromatic carbocycles. The van der Waals surface area contributed by atoms with Gasteiger partial charge in [-0.05, 0) is 62.2 Å². The summed E-state index contributed by atoms with van der Waals surface area (Å²) in [6.07, 6.45) is 10.1. The summed E-state index contributed by atoms with van der Waals surface area (Å²) in [7, 11) is 0. The smallest absolute Gasteiger partial charge is 0.187 e. The lowest BCUT2D eigenvalue weighted by atomic mass is 9.96. The Morgan fingerprint density at radius 1 is 1.19 bits per heavy atom. The Balaban J connectivity index is 1.87. The van der Waals surface area contributed by atoms with Gasteiger partial charge in [0.25, 0.3) is 0 Å². The average molecular weight is 378 g/mol. The molecule has 0 atom stereocenters. The first-order valence-electron chi connectivity index (χ1n) is 9.72. The van der Waals surface area contributed by atoms with Gasteiger partial charge in [-0.1, -0.05) is 32.6 Å². The molecule has 5 nitrogen and oxygen atoms in total. The van der Waals surface area contributed by atoms with Crippen LogP contribution in [0.1, 0.15) is 64.4 Å². The first-order valence-corrected chi connectivity index (χ1v) is 10.1. The molecular weight excluding hydrogens is 346 g/mol. The molecular formula is C20H31N3O2S. The zero-order chi connectivity index (χ0) is 18.6. The molecule has 1 fully saturated rings. The van der Waals surface area contributed by atoms with Gasteiger partial charge < -0.3 is 14.8 Å². The van der Waals surface area contributed by atoms with Gasteiger partial charge in [0.2, 0.25) is 0 Å². The Morgan fingerprint density at radius 2 is 2.00 bits per heavy atom. The van der Waals surface area contributed by atoms with Crippen molar-refractivity contribution in [2.45, 2.75) is 64.8 Å². The van der Waals surface area contributed by atoms with E-state index in [2.05, 4.69) is 22.8 Å². The van der Waals surface area contributed by atoms with E-state index in [9.17, 15) is 0 Å². The average Bonchev–Trinajstić information content (AvgIpc) is 2.64. The predicted molar refractivity (Wildman–Crippen MR) is 111 cm³/mol. The number of benzene rings is 1. The van der Waals surface area contributed by atoms with Crippen LogP contribution in [0.3, 0.4) is 0 Å². The highest BCUT2D eigenvalue weighted by molar-refractivity contribution is 7.80. The maximum absolute atomic E-state index is 5.80. The minimum Gasteiger partial charge on any atom is -0.490 e. The minimum absolute atomic E-state index is 0.475. The number of unbranched alkanes of at least 4 members (excludes halogenated alkanes) is 1. The third-order valence-corrected chi connectivity index (χ3v) is 4.55. The quantitative estimate of drug-likeness (QED) is 0.289. The van der Waals surface area contributed by atoms with Crippen LogP contribution in [0, 0.1) is 0 Å². The van der Waals surface area contributed by atoms with Gasteiger partial charge in [-0.3, -0.25) is 5.43 Å². The van der Waals surface area contributed by atoms with Gasteiger partial charge in [0, 0.05) is 6.04 Å². The molecule has 0 unspecified atom stereocenters. The Morgan fingerprint density at radius 3 is 2.73 bits per heavy atom. The van der Waals surface area contributed by atoms with Crippen LogP contribution in [0.5, 0.6) is 11.5 Å². The predicted octanol–water partition coefficient (Wildman–Crippen LogP) is 4.39. The number of ether oxygens (including phenoxy) is 2. The van der Waals surface area contributed by atoms with Gasteiger partial charge in [0.15, 0.2) is 16.6 Å². The summed E-state index contributed by atoms with van der Waals surface area (Å²) in [5.74, 6) is 1.52. The van der Waals surface area contributed by atoms with Crippen LogP contribution in [0.25, 0.3) is 0 Å². The number of hydrogen-bond acceptors (Lipinski definition) is 4. The fourth-order valence-electron chi connectivity index (χ4n) is 2.95. The van der Waals surface area contributed by atoms with Crippen molar-refractivity contribution in [1.82, 2.24) is 10.7 Å². The van der Waals surface area contributed by atoms with Crippen LogP contribution in [-0.2, 0) is 0 Å². The topological polar surface area (TPSA) is 54.9 Å². The first-order chi connectivity index (χ1) is 12.7. The maximum Gasteiger partial charge on any atom is 0.187 e. The van der Waals surface area contributed by atoms with Crippen LogP contribution < -0.4 is 20.2 Å². The van der Waals surface area contributed by atoms with E-state index < -0.39 is 0 Å². The van der Waals surface area contributed by atoms with Crippen LogP contribution in [0.2, 0.25) is 0 Å². The summed E-state index contributed by atoms with van der Waals surface area (Å²) in [5, 5.41) is 8.16. The normalized spacial score (nSPS) is 15.0. The largest absolute Gasteiger partial charge is 0.490 e. The van der Waals surface area contributed by atoms with E-state index in [0.717, 1.165) is 29.9 Å². The Hall–Kier alpha value is -1.82. The molecule has 0 aromatic heterocycles. The molecule has 0 saturated heterocycles. The highest BCUT2D eigenvalue weighted by atomic mass is 32.1. The third-order valence-electron chi connectivity index (χ3n) is 4.34. The minimum atomic E-state index is 0.475. The molecule has 0 aliphatic heterocycles. The molecule has 144 valence electrons. The second-order valence-electron chi connectivity index (χ2n) is 6.52. The third kappa shape index (κ3) is 7.20. The summed E-state index contributed by atoms with van der Waals surface area (Å²) in [6, 6.07) is 6.31. The number of thiocarbonyl (C=S) groups is 1. The summed E-state index contributed by atoms with van der Waals surface area (Å²) >= 11 is 5.32. The number of rotatable bonds is 9. The van der Waals surface area contributed by atoms with Crippen molar-refractivity contribution in [3.05, 3.63) is 23.8 Å². The zero-order valence-electron chi connectivity index (χ0n) is 15.9. The van der Waals surface area contributed by atoms with E-state index in [4.69, 9.17) is 21.7 Å². The highest BCUT2D eigenvalue weighted by Gasteiger charge is 2.13. The van der Waals surface area contributed by atoms with Gasteiger partial charge in [-0.2, -0.15) is 5.10 Å². The molecule has 0 spiro atoms. The van der Waals surface area contributed by atoms with Gasteiger partial charge in [-0.25, -0.2) is 0 Å². The van der Waals surface area contributed by atoms with Crippen molar-refractivity contribution in [3.63, 3.8) is 0 Å². The van der Waals surface area contributed by atoms with Crippen molar-refractivity contribution in [3.8, 4) is 11.5 Å². The first kappa shape index (κ1) is 20.5. The molecule has 2 N–H and O–H groups in total. The van der Waals surface area contributed by atoms with Crippen molar-refractivity contribution >= 4 is 23.5 Å². The molecule has 26 heavy (non-hydrogen) atoms. The number of nitrogens with zero attached hydrogens (tertiary/aromatic N) is 1. The molecule has 0 radical (unpaired) electrons. The molecule has 0 bridgehead atoms. The summed E-state index contributed by atoms with van der Waals surface area (Å²) in [4.78, 5) is 0. The zero-order valence-corrected chi connectivity index (χ0v) is 16.7. The van der Waals surface area contributed by atoms with Crippen molar-refractivity contribution in [2.75, 3.05) is 13.2 Å². The Bertz CT molecular complexity index is 586. The lowest BCUT2D eigenvalue weighted by molar-refractivity contribution is 0.272. The van der Waals surface area contributed by atoms with Crippen LogP contribution in [0.15, 0.2) is 23.3 Å². The number of hydrazone groups is 1. The van der Waals surface area contributed by atoms with Gasteiger partial charge in [0.05, 0.1) is 19.4 Å². The Labute approximate surface area is 162 Å². The fourth-order valence-corrected chi connectivity index (χ4v) is 3.17. The van der Waals surface area contributed by atoms with Gasteiger partial charge in [-0.15, -0.1) is 0 Å². The van der Waals surface area contributed by atoms with E-state index in [1.807, 2.05) is 25.1 Å². The van der Waals surface area contributed by atoms with Crippen molar-refractivity contribution < 1.29 is 9.47 Å². The molecule has 1 aliphatic carbocycles. The molecule has 1 saturated carbocycles. The number of nitrogens with one attached hydrogen (secondary N) is 2. The van der Waals surface area contributed by atoms with E-state index in [-0.39, 0.29) is 0 Å². The molecule has 6 heteroatoms. The second-order valence-corrected chi connectivity index (χ2v) is 6.93. The van der Waals surface area contributed by atoms with E-state index >= 15 is 0 Å². The summed E-state index contributed by atoms with van der Waals surface area (Å²) < 4.78 is 11.5. The van der Waals surface area contributed by atoms with Crippen molar-refractivity contribution in [1.29, 1.82) is 0 Å². The number of hydrogen-bond donors (Lipinski definition) is 2. The van der Waals surface area contributed by atoms with E-state index in [1.54, 1.807) is 6.21 Å². The molecule has 0 amide bonds. The SMILES string of the molecule is CCCCOc1ccc(/C=N\NC(=S)NC2CCCCC2)cc1OCC. The monoisotopic (exact) mass is 377 g/mol. The highest BCUT2D eigenvalue weighted by Crippen LogP contribution is 2.28. The van der Waals surface area contributed by atoms with Crippen LogP contribution >= 0.6 is 12.2 Å².